The summed E-state index contributed by atoms with van der Waals surface area (Å²) in [5.74, 6) is 0.302. The summed E-state index contributed by atoms with van der Waals surface area (Å²) < 4.78 is 9.72. The molecule has 0 aromatic heterocycles. The number of carbonyl (C=O) groups excluding carboxylic acids is 2. The second-order valence-corrected chi connectivity index (χ2v) is 5.52. The Morgan fingerprint density at radius 1 is 1.26 bits per heavy atom. The Morgan fingerprint density at radius 3 is 2.61 bits per heavy atom. The van der Waals surface area contributed by atoms with E-state index in [1.165, 1.54) is 7.11 Å². The number of ether oxygens (including phenoxy) is 2. The van der Waals surface area contributed by atoms with Crippen molar-refractivity contribution in [1.29, 1.82) is 0 Å². The number of hydrogen-bond donors (Lipinski definition) is 2. The number of nitrogens with zero attached hydrogens (tertiary/aromatic N) is 2. The lowest BCUT2D eigenvalue weighted by atomic mass is 9.99. The topological polar surface area (TPSA) is 92.3 Å². The lowest BCUT2D eigenvalue weighted by Crippen LogP contribution is -2.41. The van der Waals surface area contributed by atoms with Gasteiger partial charge in [-0.15, -0.1) is 0 Å². The molecule has 1 heterocycles. The molecule has 132 valence electrons. The number of likely N-dealkylation sites (tertiary alicyclic amines) is 1. The number of esters is 1. The van der Waals surface area contributed by atoms with Crippen molar-refractivity contribution in [3.63, 3.8) is 0 Å². The molecule has 23 heavy (non-hydrogen) atoms. The van der Waals surface area contributed by atoms with Crippen LogP contribution in [0.1, 0.15) is 13.8 Å². The molecule has 1 saturated heterocycles. The van der Waals surface area contributed by atoms with Crippen molar-refractivity contribution >= 4 is 17.8 Å². The maximum Gasteiger partial charge on any atom is 0.310 e. The molecule has 0 spiro atoms. The van der Waals surface area contributed by atoms with Crippen LogP contribution in [0.15, 0.2) is 4.99 Å². The molecule has 2 atom stereocenters. The molecule has 1 aliphatic rings. The predicted octanol–water partition coefficient (Wildman–Crippen LogP) is -0.545. The summed E-state index contributed by atoms with van der Waals surface area (Å²) in [4.78, 5) is 29.9. The quantitative estimate of drug-likeness (QED) is 0.282. The summed E-state index contributed by atoms with van der Waals surface area (Å²) in [6, 6.07) is 0. The minimum absolute atomic E-state index is 0.0415. The van der Waals surface area contributed by atoms with E-state index < -0.39 is 0 Å². The van der Waals surface area contributed by atoms with E-state index in [1.807, 2.05) is 18.7 Å². The van der Waals surface area contributed by atoms with Gasteiger partial charge in [0.15, 0.2) is 5.96 Å². The predicted molar refractivity (Wildman–Crippen MR) is 87.1 cm³/mol. The highest BCUT2D eigenvalue weighted by Gasteiger charge is 2.36. The summed E-state index contributed by atoms with van der Waals surface area (Å²) >= 11 is 0. The number of guanidine groups is 1. The molecule has 0 aliphatic carbocycles. The van der Waals surface area contributed by atoms with Gasteiger partial charge in [-0.25, -0.2) is 4.99 Å². The fourth-order valence-electron chi connectivity index (χ4n) is 2.52. The molecule has 1 rings (SSSR count). The maximum atomic E-state index is 11.8. The van der Waals surface area contributed by atoms with Crippen LogP contribution >= 0.6 is 0 Å². The Labute approximate surface area is 137 Å². The second-order valence-electron chi connectivity index (χ2n) is 5.52. The molecule has 2 N–H and O–H groups in total. The van der Waals surface area contributed by atoms with Crippen molar-refractivity contribution in [2.75, 3.05) is 53.6 Å². The standard InChI is InChI=1S/C15H28N4O4/c1-5-16-15(18-8-13(20)17-6-7-22-3)19-9-11(2)12(10-19)14(21)23-4/h11-12H,5-10H2,1-4H3,(H,16,18)(H,17,20). The highest BCUT2D eigenvalue weighted by molar-refractivity contribution is 5.86. The number of nitrogens with one attached hydrogen (secondary N) is 2. The number of amides is 1. The van der Waals surface area contributed by atoms with Gasteiger partial charge in [0.05, 0.1) is 19.6 Å². The molecule has 1 aliphatic heterocycles. The summed E-state index contributed by atoms with van der Waals surface area (Å²) in [6.45, 7) is 6.90. The van der Waals surface area contributed by atoms with Crippen LogP contribution in [0.4, 0.5) is 0 Å². The van der Waals surface area contributed by atoms with Gasteiger partial charge in [-0.2, -0.15) is 0 Å². The largest absolute Gasteiger partial charge is 0.469 e. The lowest BCUT2D eigenvalue weighted by molar-refractivity contribution is -0.146. The van der Waals surface area contributed by atoms with Gasteiger partial charge in [0, 0.05) is 33.3 Å². The fraction of sp³-hybridized carbons (Fsp3) is 0.800. The second kappa shape index (κ2) is 10.0. The zero-order chi connectivity index (χ0) is 17.2. The average Bonchev–Trinajstić information content (AvgIpc) is 2.92. The first-order valence-corrected chi connectivity index (χ1v) is 7.90. The van der Waals surface area contributed by atoms with Gasteiger partial charge in [-0.05, 0) is 12.8 Å². The van der Waals surface area contributed by atoms with E-state index in [4.69, 9.17) is 9.47 Å². The van der Waals surface area contributed by atoms with E-state index in [-0.39, 0.29) is 30.3 Å². The Kier molecular flexibility index (Phi) is 8.39. The number of carbonyl (C=O) groups is 2. The Hall–Kier alpha value is -1.83. The van der Waals surface area contributed by atoms with E-state index in [0.29, 0.717) is 38.7 Å². The van der Waals surface area contributed by atoms with Crippen LogP contribution < -0.4 is 10.6 Å². The van der Waals surface area contributed by atoms with Crippen molar-refractivity contribution in [2.45, 2.75) is 13.8 Å². The Morgan fingerprint density at radius 2 is 2.00 bits per heavy atom. The first-order valence-electron chi connectivity index (χ1n) is 7.90. The molecule has 0 aromatic rings. The molecule has 2 unspecified atom stereocenters. The molecule has 8 heteroatoms. The van der Waals surface area contributed by atoms with Crippen molar-refractivity contribution < 1.29 is 19.1 Å². The van der Waals surface area contributed by atoms with Crippen molar-refractivity contribution in [2.24, 2.45) is 16.8 Å². The van der Waals surface area contributed by atoms with E-state index in [9.17, 15) is 9.59 Å². The smallest absolute Gasteiger partial charge is 0.310 e. The van der Waals surface area contributed by atoms with Crippen molar-refractivity contribution in [3.8, 4) is 0 Å². The van der Waals surface area contributed by atoms with E-state index >= 15 is 0 Å². The lowest BCUT2D eigenvalue weighted by Gasteiger charge is -2.21. The number of hydrogen-bond acceptors (Lipinski definition) is 5. The summed E-state index contributed by atoms with van der Waals surface area (Å²) in [6.07, 6.45) is 0. The van der Waals surface area contributed by atoms with Gasteiger partial charge >= 0.3 is 5.97 Å². The maximum absolute atomic E-state index is 11.8. The van der Waals surface area contributed by atoms with Crippen LogP contribution in [0.3, 0.4) is 0 Å². The zero-order valence-electron chi connectivity index (χ0n) is 14.4. The third-order valence-corrected chi connectivity index (χ3v) is 3.75. The fourth-order valence-corrected chi connectivity index (χ4v) is 2.52. The van der Waals surface area contributed by atoms with Crippen molar-refractivity contribution in [1.82, 2.24) is 15.5 Å². The van der Waals surface area contributed by atoms with E-state index in [0.717, 1.165) is 0 Å². The molecule has 0 saturated carbocycles. The average molecular weight is 328 g/mol. The van der Waals surface area contributed by atoms with E-state index in [2.05, 4.69) is 15.6 Å². The Bertz CT molecular complexity index is 428. The highest BCUT2D eigenvalue weighted by atomic mass is 16.5. The van der Waals surface area contributed by atoms with Crippen LogP contribution in [-0.2, 0) is 19.1 Å². The Balaban J connectivity index is 2.62. The summed E-state index contributed by atoms with van der Waals surface area (Å²) in [7, 11) is 2.99. The number of methoxy groups -OCH3 is 2. The van der Waals surface area contributed by atoms with E-state index in [1.54, 1.807) is 7.11 Å². The van der Waals surface area contributed by atoms with Crippen molar-refractivity contribution in [3.05, 3.63) is 0 Å². The first-order chi connectivity index (χ1) is 11.0. The first kappa shape index (κ1) is 19.2. The molecular weight excluding hydrogens is 300 g/mol. The van der Waals surface area contributed by atoms with Gasteiger partial charge < -0.3 is 25.0 Å². The highest BCUT2D eigenvalue weighted by Crippen LogP contribution is 2.24. The monoisotopic (exact) mass is 328 g/mol. The summed E-state index contributed by atoms with van der Waals surface area (Å²) in [5, 5.41) is 5.89. The third-order valence-electron chi connectivity index (χ3n) is 3.75. The molecule has 0 radical (unpaired) electrons. The molecule has 1 amide bonds. The minimum Gasteiger partial charge on any atom is -0.469 e. The summed E-state index contributed by atoms with van der Waals surface area (Å²) in [5.41, 5.74) is 0. The molecule has 0 bridgehead atoms. The minimum atomic E-state index is -0.201. The van der Waals surface area contributed by atoms with Gasteiger partial charge in [-0.1, -0.05) is 6.92 Å². The third kappa shape index (κ3) is 6.05. The van der Waals surface area contributed by atoms with Crippen LogP contribution in [-0.4, -0.2) is 76.3 Å². The van der Waals surface area contributed by atoms with Gasteiger partial charge in [0.25, 0.3) is 0 Å². The van der Waals surface area contributed by atoms with Gasteiger partial charge in [0.1, 0.15) is 6.54 Å². The van der Waals surface area contributed by atoms with Crippen LogP contribution in [0.25, 0.3) is 0 Å². The van der Waals surface area contributed by atoms with Gasteiger partial charge in [0.2, 0.25) is 5.91 Å². The normalized spacial score (nSPS) is 21.2. The number of aliphatic imine (C=N–C) groups is 1. The van der Waals surface area contributed by atoms with Crippen LogP contribution in [0.5, 0.6) is 0 Å². The SMILES string of the molecule is CCNC(=NCC(=O)NCCOC)N1CC(C)C(C(=O)OC)C1. The molecular formula is C15H28N4O4. The number of rotatable bonds is 7. The molecule has 1 fully saturated rings. The molecule has 8 nitrogen and oxygen atoms in total. The molecule has 0 aromatic carbocycles. The van der Waals surface area contributed by atoms with Gasteiger partial charge in [-0.3, -0.25) is 9.59 Å². The van der Waals surface area contributed by atoms with Crippen LogP contribution in [0.2, 0.25) is 0 Å². The van der Waals surface area contributed by atoms with Crippen LogP contribution in [0, 0.1) is 11.8 Å². The zero-order valence-corrected chi connectivity index (χ0v) is 14.4.